The van der Waals surface area contributed by atoms with Gasteiger partial charge in [-0.25, -0.2) is 0 Å². The van der Waals surface area contributed by atoms with Crippen molar-refractivity contribution in [3.8, 4) is 0 Å². The molecule has 0 aromatic heterocycles. The van der Waals surface area contributed by atoms with Crippen LogP contribution in [0.15, 0.2) is 0 Å². The molecule has 1 fully saturated rings. The van der Waals surface area contributed by atoms with Gasteiger partial charge in [-0.05, 0) is 26.8 Å². The second-order valence-corrected chi connectivity index (χ2v) is 4.48. The lowest BCUT2D eigenvalue weighted by Gasteiger charge is -2.29. The minimum Gasteiger partial charge on any atom is -0.341 e. The molecule has 0 atom stereocenters. The van der Waals surface area contributed by atoms with Gasteiger partial charge in [-0.3, -0.25) is 4.79 Å². The minimum atomic E-state index is -0.412. The first kappa shape index (κ1) is 11.5. The lowest BCUT2D eigenvalue weighted by Crippen LogP contribution is -2.45. The third-order valence-electron chi connectivity index (χ3n) is 2.72. The molecule has 1 aliphatic rings. The van der Waals surface area contributed by atoms with Crippen molar-refractivity contribution in [3.05, 3.63) is 0 Å². The molecule has 0 radical (unpaired) electrons. The van der Waals surface area contributed by atoms with Gasteiger partial charge in [0.15, 0.2) is 0 Å². The van der Waals surface area contributed by atoms with E-state index in [-0.39, 0.29) is 5.91 Å². The molecular weight excluding hydrogens is 178 g/mol. The summed E-state index contributed by atoms with van der Waals surface area (Å²) >= 11 is 0. The highest BCUT2D eigenvalue weighted by atomic mass is 16.2. The second-order valence-electron chi connectivity index (χ2n) is 4.48. The average molecular weight is 199 g/mol. The van der Waals surface area contributed by atoms with E-state index in [0.717, 1.165) is 32.6 Å². The summed E-state index contributed by atoms with van der Waals surface area (Å²) in [7, 11) is 0. The number of rotatable bonds is 2. The van der Waals surface area contributed by atoms with Crippen LogP contribution in [-0.4, -0.2) is 43.5 Å². The summed E-state index contributed by atoms with van der Waals surface area (Å²) in [5.41, 5.74) is 5.18. The monoisotopic (exact) mass is 199 g/mol. The average Bonchev–Trinajstić information content (AvgIpc) is 2.44. The van der Waals surface area contributed by atoms with E-state index in [1.165, 1.54) is 0 Å². The Morgan fingerprint density at radius 1 is 1.43 bits per heavy atom. The number of nitrogens with zero attached hydrogens (tertiary/aromatic N) is 1. The van der Waals surface area contributed by atoms with Crippen LogP contribution in [-0.2, 0) is 4.79 Å². The summed E-state index contributed by atoms with van der Waals surface area (Å²) in [6, 6.07) is 0. The van der Waals surface area contributed by atoms with Gasteiger partial charge in [0.1, 0.15) is 0 Å². The van der Waals surface area contributed by atoms with Gasteiger partial charge in [0.25, 0.3) is 0 Å². The quantitative estimate of drug-likeness (QED) is 0.647. The molecule has 1 heterocycles. The molecule has 1 rings (SSSR count). The Labute approximate surface area is 85.8 Å². The van der Waals surface area contributed by atoms with Crippen LogP contribution in [0, 0.1) is 5.41 Å². The van der Waals surface area contributed by atoms with Crippen LogP contribution >= 0.6 is 0 Å². The summed E-state index contributed by atoms with van der Waals surface area (Å²) in [4.78, 5) is 13.9. The second kappa shape index (κ2) is 4.75. The molecule has 0 bridgehead atoms. The van der Waals surface area contributed by atoms with E-state index in [1.807, 2.05) is 18.7 Å². The topological polar surface area (TPSA) is 58.4 Å². The van der Waals surface area contributed by atoms with Crippen LogP contribution in [0.25, 0.3) is 0 Å². The predicted octanol–water partition coefficient (Wildman–Crippen LogP) is -0.207. The molecule has 0 aliphatic carbocycles. The number of hydrogen-bond donors (Lipinski definition) is 2. The zero-order valence-corrected chi connectivity index (χ0v) is 9.18. The Morgan fingerprint density at radius 2 is 2.14 bits per heavy atom. The fourth-order valence-electron chi connectivity index (χ4n) is 1.56. The van der Waals surface area contributed by atoms with Crippen molar-refractivity contribution in [1.82, 2.24) is 10.2 Å². The molecule has 1 aliphatic heterocycles. The normalized spacial score (nSPS) is 19.2. The van der Waals surface area contributed by atoms with Gasteiger partial charge >= 0.3 is 0 Å². The molecule has 4 heteroatoms. The molecule has 4 nitrogen and oxygen atoms in total. The summed E-state index contributed by atoms with van der Waals surface area (Å²) in [5.74, 6) is 0.184. The van der Waals surface area contributed by atoms with Crippen LogP contribution in [0.2, 0.25) is 0 Å². The highest BCUT2D eigenvalue weighted by Crippen LogP contribution is 2.17. The van der Waals surface area contributed by atoms with Crippen LogP contribution in [0.5, 0.6) is 0 Å². The molecule has 0 aromatic rings. The maximum atomic E-state index is 12.0. The highest BCUT2D eigenvalue weighted by molar-refractivity contribution is 5.82. The van der Waals surface area contributed by atoms with Crippen molar-refractivity contribution in [3.63, 3.8) is 0 Å². The van der Waals surface area contributed by atoms with E-state index >= 15 is 0 Å². The van der Waals surface area contributed by atoms with E-state index in [9.17, 15) is 4.79 Å². The van der Waals surface area contributed by atoms with E-state index in [4.69, 9.17) is 5.73 Å². The first-order valence-electron chi connectivity index (χ1n) is 5.28. The fourth-order valence-corrected chi connectivity index (χ4v) is 1.56. The van der Waals surface area contributed by atoms with Crippen LogP contribution in [0.1, 0.15) is 20.3 Å². The van der Waals surface area contributed by atoms with Crippen LogP contribution in [0.3, 0.4) is 0 Å². The Morgan fingerprint density at radius 3 is 2.79 bits per heavy atom. The molecule has 0 spiro atoms. The number of amides is 1. The van der Waals surface area contributed by atoms with Gasteiger partial charge in [-0.15, -0.1) is 0 Å². The Kier molecular flexibility index (Phi) is 3.89. The van der Waals surface area contributed by atoms with Gasteiger partial charge in [-0.2, -0.15) is 0 Å². The number of nitrogens with two attached hydrogens (primary N) is 1. The van der Waals surface area contributed by atoms with Crippen molar-refractivity contribution in [2.45, 2.75) is 20.3 Å². The van der Waals surface area contributed by atoms with E-state index in [1.54, 1.807) is 0 Å². The van der Waals surface area contributed by atoms with Crippen molar-refractivity contribution in [2.75, 3.05) is 32.7 Å². The van der Waals surface area contributed by atoms with Gasteiger partial charge < -0.3 is 16.0 Å². The van der Waals surface area contributed by atoms with Crippen molar-refractivity contribution in [2.24, 2.45) is 11.1 Å². The first-order chi connectivity index (χ1) is 6.58. The summed E-state index contributed by atoms with van der Waals surface area (Å²) in [6.07, 6.45) is 1.03. The van der Waals surface area contributed by atoms with Gasteiger partial charge in [0.2, 0.25) is 5.91 Å². The summed E-state index contributed by atoms with van der Waals surface area (Å²) < 4.78 is 0. The maximum absolute atomic E-state index is 12.0. The molecule has 0 saturated carbocycles. The molecule has 1 saturated heterocycles. The third-order valence-corrected chi connectivity index (χ3v) is 2.72. The largest absolute Gasteiger partial charge is 0.341 e. The molecule has 14 heavy (non-hydrogen) atoms. The lowest BCUT2D eigenvalue weighted by molar-refractivity contribution is -0.139. The standard InChI is InChI=1S/C10H21N3O/c1-10(2,8-11)9(14)13-6-3-4-12-5-7-13/h12H,3-8,11H2,1-2H3. The van der Waals surface area contributed by atoms with Gasteiger partial charge in [0.05, 0.1) is 5.41 Å². The lowest BCUT2D eigenvalue weighted by atomic mass is 9.92. The zero-order valence-electron chi connectivity index (χ0n) is 9.18. The number of nitrogens with one attached hydrogen (secondary N) is 1. The molecular formula is C10H21N3O. The summed E-state index contributed by atoms with van der Waals surface area (Å²) in [5, 5.41) is 3.28. The highest BCUT2D eigenvalue weighted by Gasteiger charge is 2.30. The van der Waals surface area contributed by atoms with E-state index in [2.05, 4.69) is 5.32 Å². The fraction of sp³-hybridized carbons (Fsp3) is 0.900. The Hall–Kier alpha value is -0.610. The predicted molar refractivity (Wildman–Crippen MR) is 56.9 cm³/mol. The third kappa shape index (κ3) is 2.69. The molecule has 0 aromatic carbocycles. The smallest absolute Gasteiger partial charge is 0.229 e. The molecule has 1 amide bonds. The SMILES string of the molecule is CC(C)(CN)C(=O)N1CCCNCC1. The summed E-state index contributed by atoms with van der Waals surface area (Å²) in [6.45, 7) is 7.80. The molecule has 3 N–H and O–H groups in total. The molecule has 82 valence electrons. The first-order valence-corrected chi connectivity index (χ1v) is 5.28. The van der Waals surface area contributed by atoms with Crippen molar-refractivity contribution < 1.29 is 4.79 Å². The van der Waals surface area contributed by atoms with E-state index in [0.29, 0.717) is 6.54 Å². The minimum absolute atomic E-state index is 0.184. The van der Waals surface area contributed by atoms with E-state index < -0.39 is 5.41 Å². The van der Waals surface area contributed by atoms with Crippen molar-refractivity contribution >= 4 is 5.91 Å². The van der Waals surface area contributed by atoms with Crippen LogP contribution in [0.4, 0.5) is 0 Å². The van der Waals surface area contributed by atoms with Gasteiger partial charge in [0, 0.05) is 26.2 Å². The zero-order chi connectivity index (χ0) is 10.6. The van der Waals surface area contributed by atoms with Gasteiger partial charge in [-0.1, -0.05) is 0 Å². The maximum Gasteiger partial charge on any atom is 0.229 e. The number of hydrogen-bond acceptors (Lipinski definition) is 3. The van der Waals surface area contributed by atoms with Crippen molar-refractivity contribution in [1.29, 1.82) is 0 Å². The Bertz CT molecular complexity index is 196. The Balaban J connectivity index is 2.58. The van der Waals surface area contributed by atoms with Crippen LogP contribution < -0.4 is 11.1 Å². The number of carbonyl (C=O) groups excluding carboxylic acids is 1. The molecule has 0 unspecified atom stereocenters. The number of carbonyl (C=O) groups is 1.